The molecule has 3 heterocycles. The van der Waals surface area contributed by atoms with Crippen LogP contribution in [0.1, 0.15) is 25.5 Å². The number of piperidine rings is 1. The van der Waals surface area contributed by atoms with Crippen molar-refractivity contribution in [3.05, 3.63) is 42.3 Å². The van der Waals surface area contributed by atoms with Gasteiger partial charge in [-0.2, -0.15) is 0 Å². The van der Waals surface area contributed by atoms with Gasteiger partial charge in [0.1, 0.15) is 12.0 Å². The highest BCUT2D eigenvalue weighted by atomic mass is 127. The van der Waals surface area contributed by atoms with E-state index in [1.54, 1.807) is 6.26 Å². The number of ether oxygens (including phenoxy) is 1. The number of hydrogen-bond donors (Lipinski definition) is 1. The molecule has 4 rings (SSSR count). The lowest BCUT2D eigenvalue weighted by atomic mass is 9.95. The molecule has 32 heavy (non-hydrogen) atoms. The van der Waals surface area contributed by atoms with Crippen LogP contribution in [0.25, 0.3) is 11.5 Å². The summed E-state index contributed by atoms with van der Waals surface area (Å²) in [5.41, 5.74) is 1.75. The van der Waals surface area contributed by atoms with E-state index in [0.29, 0.717) is 38.7 Å². The van der Waals surface area contributed by atoms with E-state index in [1.807, 2.05) is 35.2 Å². The molecule has 9 heteroatoms. The van der Waals surface area contributed by atoms with Gasteiger partial charge in [0.2, 0.25) is 11.8 Å². The van der Waals surface area contributed by atoms with Crippen LogP contribution in [0.2, 0.25) is 0 Å². The summed E-state index contributed by atoms with van der Waals surface area (Å²) in [5, 5.41) is 3.37. The number of morpholine rings is 1. The Morgan fingerprint density at radius 2 is 1.84 bits per heavy atom. The third-order valence-corrected chi connectivity index (χ3v) is 5.76. The molecule has 0 saturated carbocycles. The van der Waals surface area contributed by atoms with Crippen LogP contribution in [0.4, 0.5) is 0 Å². The fourth-order valence-electron chi connectivity index (χ4n) is 4.05. The predicted molar refractivity (Wildman–Crippen MR) is 134 cm³/mol. The number of carbonyl (C=O) groups is 1. The van der Waals surface area contributed by atoms with E-state index >= 15 is 0 Å². The second kappa shape index (κ2) is 12.2. The Morgan fingerprint density at radius 3 is 2.53 bits per heavy atom. The molecule has 2 fully saturated rings. The highest BCUT2D eigenvalue weighted by Crippen LogP contribution is 2.21. The Bertz CT molecular complexity index is 875. The maximum Gasteiger partial charge on any atom is 0.226 e. The Balaban J connectivity index is 0.00000289. The summed E-state index contributed by atoms with van der Waals surface area (Å²) in [6.45, 7) is 7.67. The van der Waals surface area contributed by atoms with Crippen molar-refractivity contribution in [1.82, 2.24) is 20.1 Å². The van der Waals surface area contributed by atoms with Crippen LogP contribution in [-0.2, 0) is 16.1 Å². The van der Waals surface area contributed by atoms with Crippen LogP contribution in [0, 0.1) is 5.92 Å². The second-order valence-electron chi connectivity index (χ2n) is 7.88. The summed E-state index contributed by atoms with van der Waals surface area (Å²) in [4.78, 5) is 26.3. The molecule has 0 aliphatic carbocycles. The molecule has 1 aromatic carbocycles. The first kappa shape index (κ1) is 24.5. The molecule has 0 unspecified atom stereocenters. The molecular weight excluding hydrogens is 521 g/mol. The monoisotopic (exact) mass is 553 g/mol. The molecule has 8 nitrogen and oxygen atoms in total. The number of likely N-dealkylation sites (tertiary alicyclic amines) is 1. The number of halogens is 1. The summed E-state index contributed by atoms with van der Waals surface area (Å²) >= 11 is 0. The van der Waals surface area contributed by atoms with Crippen molar-refractivity contribution in [2.24, 2.45) is 10.9 Å². The topological polar surface area (TPSA) is 83.2 Å². The van der Waals surface area contributed by atoms with E-state index in [1.165, 1.54) is 0 Å². The maximum atomic E-state index is 12.8. The Morgan fingerprint density at radius 1 is 1.12 bits per heavy atom. The number of nitrogens with zero attached hydrogens (tertiary/aromatic N) is 4. The van der Waals surface area contributed by atoms with Crippen molar-refractivity contribution in [2.45, 2.75) is 26.3 Å². The molecule has 2 aliphatic rings. The van der Waals surface area contributed by atoms with Gasteiger partial charge in [-0.15, -0.1) is 24.0 Å². The maximum absolute atomic E-state index is 12.8. The van der Waals surface area contributed by atoms with E-state index in [-0.39, 0.29) is 35.8 Å². The predicted octanol–water partition coefficient (Wildman–Crippen LogP) is 3.00. The lowest BCUT2D eigenvalue weighted by Crippen LogP contribution is -2.50. The molecule has 0 bridgehead atoms. The zero-order chi connectivity index (χ0) is 21.5. The molecule has 1 amide bonds. The van der Waals surface area contributed by atoms with Gasteiger partial charge < -0.3 is 24.3 Å². The van der Waals surface area contributed by atoms with Crippen LogP contribution >= 0.6 is 24.0 Å². The minimum atomic E-state index is 0. The zero-order valence-electron chi connectivity index (χ0n) is 18.5. The van der Waals surface area contributed by atoms with Crippen LogP contribution in [-0.4, -0.2) is 72.6 Å². The van der Waals surface area contributed by atoms with Gasteiger partial charge in [0.15, 0.2) is 5.96 Å². The number of hydrogen-bond acceptors (Lipinski definition) is 5. The molecule has 174 valence electrons. The summed E-state index contributed by atoms with van der Waals surface area (Å²) in [6.07, 6.45) is 3.37. The minimum absolute atomic E-state index is 0. The fourth-order valence-corrected chi connectivity index (χ4v) is 4.05. The number of nitrogens with one attached hydrogen (secondary N) is 1. The lowest BCUT2D eigenvalue weighted by Gasteiger charge is -2.36. The molecular formula is C23H32IN5O3. The van der Waals surface area contributed by atoms with Gasteiger partial charge in [-0.05, 0) is 31.9 Å². The number of oxazole rings is 1. The first-order valence-corrected chi connectivity index (χ1v) is 11.1. The van der Waals surface area contributed by atoms with Crippen LogP contribution in [0.5, 0.6) is 0 Å². The normalized spacial score (nSPS) is 17.7. The van der Waals surface area contributed by atoms with E-state index < -0.39 is 0 Å². The van der Waals surface area contributed by atoms with Crippen LogP contribution in [0.15, 0.2) is 46.0 Å². The lowest BCUT2D eigenvalue weighted by molar-refractivity contribution is -0.140. The summed E-state index contributed by atoms with van der Waals surface area (Å²) in [6, 6.07) is 9.86. The van der Waals surface area contributed by atoms with E-state index in [0.717, 1.165) is 49.7 Å². The molecule has 1 N–H and O–H groups in total. The fraction of sp³-hybridized carbons (Fsp3) is 0.522. The number of guanidine groups is 1. The van der Waals surface area contributed by atoms with E-state index in [9.17, 15) is 4.79 Å². The standard InChI is InChI=1S/C23H31N5O3.HI/c1-2-24-23(25-16-20-17-31-21(26-20)18-6-4-3-5-7-18)28-10-8-19(9-11-28)22(29)27-12-14-30-15-13-27;/h3-7,17,19H,2,8-16H2,1H3,(H,24,25);1H. The van der Waals surface area contributed by atoms with E-state index in [4.69, 9.17) is 14.1 Å². The molecule has 2 aliphatic heterocycles. The van der Waals surface area contributed by atoms with Gasteiger partial charge in [-0.3, -0.25) is 4.79 Å². The Labute approximate surface area is 206 Å². The van der Waals surface area contributed by atoms with Gasteiger partial charge in [0, 0.05) is 44.2 Å². The first-order valence-electron chi connectivity index (χ1n) is 11.1. The number of aromatic nitrogens is 1. The zero-order valence-corrected chi connectivity index (χ0v) is 20.9. The number of carbonyl (C=O) groups excluding carboxylic acids is 1. The first-order chi connectivity index (χ1) is 15.2. The largest absolute Gasteiger partial charge is 0.444 e. The van der Waals surface area contributed by atoms with Crippen LogP contribution in [0.3, 0.4) is 0 Å². The van der Waals surface area contributed by atoms with Crippen molar-refractivity contribution in [1.29, 1.82) is 0 Å². The van der Waals surface area contributed by atoms with Gasteiger partial charge in [0.05, 0.1) is 19.8 Å². The molecule has 0 radical (unpaired) electrons. The smallest absolute Gasteiger partial charge is 0.226 e. The van der Waals surface area contributed by atoms with Gasteiger partial charge in [0.25, 0.3) is 0 Å². The highest BCUT2D eigenvalue weighted by Gasteiger charge is 2.30. The number of amides is 1. The van der Waals surface area contributed by atoms with Gasteiger partial charge in [-0.1, -0.05) is 18.2 Å². The molecule has 1 aromatic heterocycles. The van der Waals surface area contributed by atoms with Gasteiger partial charge >= 0.3 is 0 Å². The Hall–Kier alpha value is -2.14. The SMILES string of the molecule is CCNC(=NCc1coc(-c2ccccc2)n1)N1CCC(C(=O)N2CCOCC2)CC1.I. The van der Waals surface area contributed by atoms with Crippen molar-refractivity contribution in [2.75, 3.05) is 45.9 Å². The molecule has 2 saturated heterocycles. The number of aliphatic imine (C=N–C) groups is 1. The highest BCUT2D eigenvalue weighted by molar-refractivity contribution is 14.0. The average molecular weight is 553 g/mol. The number of benzene rings is 1. The average Bonchev–Trinajstić information content (AvgIpc) is 3.32. The van der Waals surface area contributed by atoms with Gasteiger partial charge in [-0.25, -0.2) is 9.98 Å². The molecule has 0 spiro atoms. The third kappa shape index (κ3) is 6.22. The summed E-state index contributed by atoms with van der Waals surface area (Å²) < 4.78 is 11.0. The Kier molecular flexibility index (Phi) is 9.34. The van der Waals surface area contributed by atoms with Crippen molar-refractivity contribution >= 4 is 35.8 Å². The number of rotatable bonds is 5. The summed E-state index contributed by atoms with van der Waals surface area (Å²) in [5.74, 6) is 1.85. The van der Waals surface area contributed by atoms with Crippen molar-refractivity contribution < 1.29 is 13.9 Å². The summed E-state index contributed by atoms with van der Waals surface area (Å²) in [7, 11) is 0. The van der Waals surface area contributed by atoms with Crippen molar-refractivity contribution in [3.8, 4) is 11.5 Å². The van der Waals surface area contributed by atoms with Crippen LogP contribution < -0.4 is 5.32 Å². The second-order valence-corrected chi connectivity index (χ2v) is 7.88. The van der Waals surface area contributed by atoms with E-state index in [2.05, 4.69) is 22.1 Å². The minimum Gasteiger partial charge on any atom is -0.444 e. The quantitative estimate of drug-likeness (QED) is 0.349. The molecule has 2 aromatic rings. The third-order valence-electron chi connectivity index (χ3n) is 5.76. The molecule has 0 atom stereocenters. The van der Waals surface area contributed by atoms with Crippen molar-refractivity contribution in [3.63, 3.8) is 0 Å².